The zero-order valence-electron chi connectivity index (χ0n) is 5.42. The van der Waals surface area contributed by atoms with Crippen molar-refractivity contribution < 1.29 is 4.74 Å². The molecule has 0 spiro atoms. The smallest absolute Gasteiger partial charge is 0.0731 e. The van der Waals surface area contributed by atoms with Crippen LogP contribution in [0.25, 0.3) is 0 Å². The Kier molecular flexibility index (Phi) is 1.69. The van der Waals surface area contributed by atoms with Crippen LogP contribution in [0.4, 0.5) is 0 Å². The molecule has 0 bridgehead atoms. The molecular formula is C7H12O. The Morgan fingerprint density at radius 2 is 2.25 bits per heavy atom. The minimum Gasteiger partial charge on any atom is -0.371 e. The van der Waals surface area contributed by atoms with Crippen LogP contribution in [0.3, 0.4) is 0 Å². The molecule has 2 atom stereocenters. The fourth-order valence-electron chi connectivity index (χ4n) is 0.929. The highest BCUT2D eigenvalue weighted by Crippen LogP contribution is 2.09. The van der Waals surface area contributed by atoms with Crippen LogP contribution >= 0.6 is 0 Å². The minimum atomic E-state index is 0.332. The van der Waals surface area contributed by atoms with Gasteiger partial charge in [0.15, 0.2) is 0 Å². The lowest BCUT2D eigenvalue weighted by Crippen LogP contribution is -2.17. The number of hydrogen-bond donors (Lipinski definition) is 0. The van der Waals surface area contributed by atoms with Crippen molar-refractivity contribution in [2.75, 3.05) is 0 Å². The molecule has 8 heavy (non-hydrogen) atoms. The molecule has 1 rings (SSSR count). The van der Waals surface area contributed by atoms with Crippen molar-refractivity contribution in [3.63, 3.8) is 0 Å². The first-order chi connectivity index (χ1) is 3.79. The van der Waals surface area contributed by atoms with Crippen LogP contribution in [0, 0.1) is 0 Å². The SMILES string of the molecule is C[C@@H]1C=CC[C@@H](C)O1. The molecule has 0 amide bonds. The normalized spacial score (nSPS) is 37.8. The van der Waals surface area contributed by atoms with E-state index in [0.717, 1.165) is 6.42 Å². The molecule has 0 saturated heterocycles. The van der Waals surface area contributed by atoms with E-state index in [1.807, 2.05) is 0 Å². The van der Waals surface area contributed by atoms with Crippen molar-refractivity contribution in [2.24, 2.45) is 0 Å². The van der Waals surface area contributed by atoms with Gasteiger partial charge in [-0.3, -0.25) is 0 Å². The van der Waals surface area contributed by atoms with Crippen molar-refractivity contribution in [1.29, 1.82) is 0 Å². The van der Waals surface area contributed by atoms with Gasteiger partial charge in [0.05, 0.1) is 12.2 Å². The summed E-state index contributed by atoms with van der Waals surface area (Å²) in [4.78, 5) is 0. The van der Waals surface area contributed by atoms with Gasteiger partial charge >= 0.3 is 0 Å². The standard InChI is InChI=1S/C7H12O/c1-6-4-3-5-7(2)8-6/h3-4,6-7H,5H2,1-2H3/t6-,7-/m1/s1. The molecule has 0 radical (unpaired) electrons. The molecule has 0 saturated carbocycles. The summed E-state index contributed by atoms with van der Waals surface area (Å²) in [6.45, 7) is 4.16. The summed E-state index contributed by atoms with van der Waals surface area (Å²) in [5.41, 5.74) is 0. The van der Waals surface area contributed by atoms with E-state index < -0.39 is 0 Å². The molecule has 0 aliphatic carbocycles. The quantitative estimate of drug-likeness (QED) is 0.434. The fourth-order valence-corrected chi connectivity index (χ4v) is 0.929. The first-order valence-corrected chi connectivity index (χ1v) is 3.11. The Morgan fingerprint density at radius 1 is 1.50 bits per heavy atom. The molecular weight excluding hydrogens is 100 g/mol. The summed E-state index contributed by atoms with van der Waals surface area (Å²) in [5, 5.41) is 0. The molecule has 1 aliphatic rings. The van der Waals surface area contributed by atoms with Gasteiger partial charge in [0.25, 0.3) is 0 Å². The summed E-state index contributed by atoms with van der Waals surface area (Å²) in [7, 11) is 0. The van der Waals surface area contributed by atoms with Crippen molar-refractivity contribution >= 4 is 0 Å². The Labute approximate surface area is 50.3 Å². The molecule has 0 N–H and O–H groups in total. The van der Waals surface area contributed by atoms with E-state index in [0.29, 0.717) is 12.2 Å². The van der Waals surface area contributed by atoms with Crippen LogP contribution in [-0.2, 0) is 4.74 Å². The molecule has 0 fully saturated rings. The van der Waals surface area contributed by atoms with Crippen LogP contribution in [0.15, 0.2) is 12.2 Å². The highest BCUT2D eigenvalue weighted by Gasteiger charge is 2.07. The highest BCUT2D eigenvalue weighted by molar-refractivity contribution is 4.92. The molecule has 0 aromatic rings. The van der Waals surface area contributed by atoms with Crippen LogP contribution in [0.5, 0.6) is 0 Å². The maximum Gasteiger partial charge on any atom is 0.0731 e. The maximum atomic E-state index is 5.40. The number of rotatable bonds is 0. The minimum absolute atomic E-state index is 0.332. The van der Waals surface area contributed by atoms with E-state index in [9.17, 15) is 0 Å². The van der Waals surface area contributed by atoms with Gasteiger partial charge in [0, 0.05) is 0 Å². The first kappa shape index (κ1) is 5.83. The topological polar surface area (TPSA) is 9.23 Å². The predicted octanol–water partition coefficient (Wildman–Crippen LogP) is 1.74. The third-order valence-corrected chi connectivity index (χ3v) is 1.32. The summed E-state index contributed by atoms with van der Waals surface area (Å²) in [6.07, 6.45) is 6.11. The van der Waals surface area contributed by atoms with E-state index in [1.165, 1.54) is 0 Å². The van der Waals surface area contributed by atoms with E-state index in [2.05, 4.69) is 26.0 Å². The monoisotopic (exact) mass is 112 g/mol. The third kappa shape index (κ3) is 1.34. The average molecular weight is 112 g/mol. The van der Waals surface area contributed by atoms with Crippen LogP contribution in [0.2, 0.25) is 0 Å². The van der Waals surface area contributed by atoms with Gasteiger partial charge in [0.1, 0.15) is 0 Å². The second kappa shape index (κ2) is 2.31. The van der Waals surface area contributed by atoms with Crippen LogP contribution in [0.1, 0.15) is 20.3 Å². The van der Waals surface area contributed by atoms with Gasteiger partial charge in [-0.2, -0.15) is 0 Å². The Morgan fingerprint density at radius 3 is 2.62 bits per heavy atom. The van der Waals surface area contributed by atoms with Gasteiger partial charge in [-0.15, -0.1) is 0 Å². The van der Waals surface area contributed by atoms with E-state index in [-0.39, 0.29) is 0 Å². The summed E-state index contributed by atoms with van der Waals surface area (Å²) in [5.74, 6) is 0. The molecule has 46 valence electrons. The zero-order valence-corrected chi connectivity index (χ0v) is 5.42. The second-order valence-electron chi connectivity index (χ2n) is 2.32. The maximum absolute atomic E-state index is 5.40. The van der Waals surface area contributed by atoms with E-state index in [4.69, 9.17) is 4.74 Å². The molecule has 1 heteroatoms. The molecule has 0 aromatic heterocycles. The first-order valence-electron chi connectivity index (χ1n) is 3.11. The number of hydrogen-bond acceptors (Lipinski definition) is 1. The lowest BCUT2D eigenvalue weighted by atomic mass is 10.2. The average Bonchev–Trinajstić information content (AvgIpc) is 1.64. The van der Waals surface area contributed by atoms with E-state index >= 15 is 0 Å². The van der Waals surface area contributed by atoms with Crippen LogP contribution in [-0.4, -0.2) is 12.2 Å². The summed E-state index contributed by atoms with van der Waals surface area (Å²) in [6, 6.07) is 0. The Hall–Kier alpha value is -0.300. The Balaban J connectivity index is 2.42. The Bertz CT molecular complexity index is 96.6. The van der Waals surface area contributed by atoms with Gasteiger partial charge in [-0.05, 0) is 20.3 Å². The zero-order chi connectivity index (χ0) is 5.98. The molecule has 1 heterocycles. The van der Waals surface area contributed by atoms with Gasteiger partial charge in [-0.1, -0.05) is 12.2 Å². The largest absolute Gasteiger partial charge is 0.371 e. The molecule has 1 nitrogen and oxygen atoms in total. The van der Waals surface area contributed by atoms with Gasteiger partial charge in [0.2, 0.25) is 0 Å². The van der Waals surface area contributed by atoms with Crippen molar-refractivity contribution in [3.05, 3.63) is 12.2 Å². The van der Waals surface area contributed by atoms with Crippen molar-refractivity contribution in [2.45, 2.75) is 32.5 Å². The summed E-state index contributed by atoms with van der Waals surface area (Å²) >= 11 is 0. The van der Waals surface area contributed by atoms with E-state index in [1.54, 1.807) is 0 Å². The lowest BCUT2D eigenvalue weighted by molar-refractivity contribution is 0.0276. The predicted molar refractivity (Wildman–Crippen MR) is 33.8 cm³/mol. The molecule has 0 aromatic carbocycles. The summed E-state index contributed by atoms with van der Waals surface area (Å²) < 4.78 is 5.40. The molecule has 0 unspecified atom stereocenters. The fraction of sp³-hybridized carbons (Fsp3) is 0.714. The van der Waals surface area contributed by atoms with Gasteiger partial charge < -0.3 is 4.74 Å². The third-order valence-electron chi connectivity index (χ3n) is 1.32. The van der Waals surface area contributed by atoms with Crippen LogP contribution < -0.4 is 0 Å². The highest BCUT2D eigenvalue weighted by atomic mass is 16.5. The van der Waals surface area contributed by atoms with Gasteiger partial charge in [-0.25, -0.2) is 0 Å². The molecule has 1 aliphatic heterocycles. The van der Waals surface area contributed by atoms with Crippen molar-refractivity contribution in [3.8, 4) is 0 Å². The lowest BCUT2D eigenvalue weighted by Gasteiger charge is -2.19. The number of ether oxygens (including phenoxy) is 1. The van der Waals surface area contributed by atoms with Crippen molar-refractivity contribution in [1.82, 2.24) is 0 Å². The second-order valence-corrected chi connectivity index (χ2v) is 2.32.